The first kappa shape index (κ1) is 18.5. The molecule has 0 unspecified atom stereocenters. The molecule has 1 saturated carbocycles. The molecule has 1 aliphatic carbocycles. The first-order valence-electron chi connectivity index (χ1n) is 9.49. The summed E-state index contributed by atoms with van der Waals surface area (Å²) in [7, 11) is 0. The predicted octanol–water partition coefficient (Wildman–Crippen LogP) is 2.51. The van der Waals surface area contributed by atoms with Crippen LogP contribution in [0, 0.1) is 0 Å². The number of rotatable bonds is 6. The number of nitrogens with one attached hydrogen (secondary N) is 1. The lowest BCUT2D eigenvalue weighted by Gasteiger charge is -2.34. The van der Waals surface area contributed by atoms with E-state index in [2.05, 4.69) is 20.4 Å². The zero-order valence-corrected chi connectivity index (χ0v) is 15.6. The van der Waals surface area contributed by atoms with Crippen molar-refractivity contribution in [2.24, 2.45) is 0 Å². The summed E-state index contributed by atoms with van der Waals surface area (Å²) >= 11 is 1.53. The van der Waals surface area contributed by atoms with Gasteiger partial charge in [0.2, 0.25) is 5.13 Å². The molecule has 140 valence electrons. The maximum atomic E-state index is 12.4. The summed E-state index contributed by atoms with van der Waals surface area (Å²) < 4.78 is 0. The minimum Gasteiger partial charge on any atom is -0.396 e. The lowest BCUT2D eigenvalue weighted by atomic mass is 9.90. The zero-order valence-electron chi connectivity index (χ0n) is 14.8. The maximum Gasteiger partial charge on any atom is 0.323 e. The van der Waals surface area contributed by atoms with Gasteiger partial charge in [0.05, 0.1) is 0 Å². The average Bonchev–Trinajstić information content (AvgIpc) is 3.12. The summed E-state index contributed by atoms with van der Waals surface area (Å²) in [5, 5.41) is 21.9. The van der Waals surface area contributed by atoms with E-state index in [1.54, 1.807) is 0 Å². The van der Waals surface area contributed by atoms with Crippen LogP contribution in [-0.4, -0.2) is 70.5 Å². The van der Waals surface area contributed by atoms with Crippen LogP contribution < -0.4 is 5.32 Å². The second-order valence-corrected chi connectivity index (χ2v) is 7.98. The number of carbonyl (C=O) groups is 1. The molecule has 0 radical (unpaired) electrons. The molecule has 25 heavy (non-hydrogen) atoms. The molecule has 7 nitrogen and oxygen atoms in total. The van der Waals surface area contributed by atoms with Crippen molar-refractivity contribution in [1.29, 1.82) is 0 Å². The first-order valence-corrected chi connectivity index (χ1v) is 10.3. The monoisotopic (exact) mass is 367 g/mol. The molecule has 0 spiro atoms. The van der Waals surface area contributed by atoms with E-state index < -0.39 is 0 Å². The van der Waals surface area contributed by atoms with Crippen molar-refractivity contribution in [2.75, 3.05) is 44.6 Å². The number of unbranched alkanes of at least 4 members (excludes halogenated alkanes) is 1. The van der Waals surface area contributed by atoms with Crippen LogP contribution in [0.5, 0.6) is 0 Å². The Bertz CT molecular complexity index is 539. The van der Waals surface area contributed by atoms with Crippen molar-refractivity contribution in [3.8, 4) is 0 Å². The second kappa shape index (κ2) is 9.45. The van der Waals surface area contributed by atoms with Crippen molar-refractivity contribution >= 4 is 22.5 Å². The highest BCUT2D eigenvalue weighted by Crippen LogP contribution is 2.35. The Balaban J connectivity index is 1.43. The summed E-state index contributed by atoms with van der Waals surface area (Å²) in [5.41, 5.74) is 0. The molecule has 1 aromatic rings. The van der Waals surface area contributed by atoms with E-state index in [0.29, 0.717) is 11.0 Å². The largest absolute Gasteiger partial charge is 0.396 e. The van der Waals surface area contributed by atoms with Gasteiger partial charge >= 0.3 is 6.03 Å². The van der Waals surface area contributed by atoms with Gasteiger partial charge in [-0.3, -0.25) is 10.2 Å². The minimum atomic E-state index is -0.0682. The van der Waals surface area contributed by atoms with Gasteiger partial charge < -0.3 is 10.0 Å². The van der Waals surface area contributed by atoms with Gasteiger partial charge in [-0.15, -0.1) is 10.2 Å². The molecule has 2 aliphatic rings. The molecule has 8 heteroatoms. The SMILES string of the molecule is O=C(Nc1nnc(C2CCCCC2)s1)N1CCN(CCCCO)CC1. The second-order valence-electron chi connectivity index (χ2n) is 6.97. The predicted molar refractivity (Wildman–Crippen MR) is 99.1 cm³/mol. The molecule has 0 aromatic carbocycles. The Morgan fingerprint density at radius 3 is 2.60 bits per heavy atom. The Kier molecular flexibility index (Phi) is 7.01. The van der Waals surface area contributed by atoms with Crippen LogP contribution in [0.25, 0.3) is 0 Å². The summed E-state index contributed by atoms with van der Waals surface area (Å²) in [5.74, 6) is 0.527. The van der Waals surface area contributed by atoms with Gasteiger partial charge in [-0.1, -0.05) is 30.6 Å². The van der Waals surface area contributed by atoms with E-state index in [1.165, 1.54) is 43.4 Å². The van der Waals surface area contributed by atoms with E-state index in [1.807, 2.05) is 4.90 Å². The summed E-state index contributed by atoms with van der Waals surface area (Å²) in [6, 6.07) is -0.0682. The molecule has 1 aromatic heterocycles. The van der Waals surface area contributed by atoms with Crippen molar-refractivity contribution < 1.29 is 9.90 Å². The fraction of sp³-hybridized carbons (Fsp3) is 0.824. The van der Waals surface area contributed by atoms with Crippen molar-refractivity contribution in [3.63, 3.8) is 0 Å². The van der Waals surface area contributed by atoms with Crippen molar-refractivity contribution in [3.05, 3.63) is 5.01 Å². The molecule has 1 aliphatic heterocycles. The van der Waals surface area contributed by atoms with Gasteiger partial charge in [0.1, 0.15) is 5.01 Å². The Hall–Kier alpha value is -1.25. The molecule has 0 bridgehead atoms. The number of aliphatic hydroxyl groups is 1. The van der Waals surface area contributed by atoms with Crippen molar-refractivity contribution in [1.82, 2.24) is 20.0 Å². The van der Waals surface area contributed by atoms with E-state index in [0.717, 1.165) is 50.6 Å². The van der Waals surface area contributed by atoms with Crippen LogP contribution >= 0.6 is 11.3 Å². The van der Waals surface area contributed by atoms with Crippen LogP contribution in [0.4, 0.5) is 9.93 Å². The van der Waals surface area contributed by atoms with E-state index >= 15 is 0 Å². The van der Waals surface area contributed by atoms with E-state index in [9.17, 15) is 4.79 Å². The van der Waals surface area contributed by atoms with E-state index in [4.69, 9.17) is 5.11 Å². The van der Waals surface area contributed by atoms with Gasteiger partial charge in [-0.25, -0.2) is 4.79 Å². The normalized spacial score (nSPS) is 20.0. The minimum absolute atomic E-state index is 0.0682. The Morgan fingerprint density at radius 2 is 1.88 bits per heavy atom. The molecule has 1 saturated heterocycles. The first-order chi connectivity index (χ1) is 12.3. The standard InChI is InChI=1S/C17H29N5O2S/c23-13-5-4-8-21-9-11-22(12-10-21)17(24)18-16-20-19-15(25-16)14-6-2-1-3-7-14/h14,23H,1-13H2,(H,18,20,24). The molecule has 2 N–H and O–H groups in total. The average molecular weight is 368 g/mol. The fourth-order valence-electron chi connectivity index (χ4n) is 3.59. The van der Waals surface area contributed by atoms with Gasteiger partial charge in [0, 0.05) is 38.7 Å². The van der Waals surface area contributed by atoms with Crippen LogP contribution in [0.2, 0.25) is 0 Å². The zero-order chi connectivity index (χ0) is 17.5. The topological polar surface area (TPSA) is 81.6 Å². The van der Waals surface area contributed by atoms with Crippen LogP contribution in [-0.2, 0) is 0 Å². The number of anilines is 1. The number of aliphatic hydroxyl groups excluding tert-OH is 1. The third-order valence-electron chi connectivity index (χ3n) is 5.15. The molecule has 0 atom stereocenters. The quantitative estimate of drug-likeness (QED) is 0.755. The number of hydrogen-bond acceptors (Lipinski definition) is 6. The highest BCUT2D eigenvalue weighted by atomic mass is 32.1. The molecular weight excluding hydrogens is 338 g/mol. The number of nitrogens with zero attached hydrogens (tertiary/aromatic N) is 4. The van der Waals surface area contributed by atoms with Gasteiger partial charge in [0.15, 0.2) is 0 Å². The Labute approximate surface area is 153 Å². The maximum absolute atomic E-state index is 12.4. The number of urea groups is 1. The van der Waals surface area contributed by atoms with E-state index in [-0.39, 0.29) is 12.6 Å². The summed E-state index contributed by atoms with van der Waals surface area (Å²) in [6.07, 6.45) is 8.12. The number of aromatic nitrogens is 2. The van der Waals surface area contributed by atoms with Crippen LogP contribution in [0.1, 0.15) is 55.9 Å². The molecule has 2 amide bonds. The lowest BCUT2D eigenvalue weighted by molar-refractivity contribution is 0.144. The summed E-state index contributed by atoms with van der Waals surface area (Å²) in [4.78, 5) is 16.6. The highest BCUT2D eigenvalue weighted by molar-refractivity contribution is 7.15. The lowest BCUT2D eigenvalue weighted by Crippen LogP contribution is -2.50. The number of piperazine rings is 1. The molecule has 2 fully saturated rings. The van der Waals surface area contributed by atoms with Crippen molar-refractivity contribution in [2.45, 2.75) is 50.9 Å². The number of amides is 2. The Morgan fingerprint density at radius 1 is 1.12 bits per heavy atom. The molecule has 2 heterocycles. The van der Waals surface area contributed by atoms with Crippen LogP contribution in [0.3, 0.4) is 0 Å². The molecular formula is C17H29N5O2S. The van der Waals surface area contributed by atoms with Gasteiger partial charge in [0.25, 0.3) is 0 Å². The summed E-state index contributed by atoms with van der Waals surface area (Å²) in [6.45, 7) is 4.51. The fourth-order valence-corrected chi connectivity index (χ4v) is 4.49. The third-order valence-corrected chi connectivity index (χ3v) is 6.15. The number of carbonyl (C=O) groups excluding carboxylic acids is 1. The third kappa shape index (κ3) is 5.36. The molecule has 3 rings (SSSR count). The van der Waals surface area contributed by atoms with Gasteiger partial charge in [-0.05, 0) is 32.2 Å². The van der Waals surface area contributed by atoms with Crippen LogP contribution in [0.15, 0.2) is 0 Å². The van der Waals surface area contributed by atoms with Gasteiger partial charge in [-0.2, -0.15) is 0 Å². The smallest absolute Gasteiger partial charge is 0.323 e. The highest BCUT2D eigenvalue weighted by Gasteiger charge is 2.23. The number of hydrogen-bond donors (Lipinski definition) is 2.